The van der Waals surface area contributed by atoms with Crippen molar-refractivity contribution in [2.24, 2.45) is 11.7 Å². The van der Waals surface area contributed by atoms with Gasteiger partial charge in [0.05, 0.1) is 44.0 Å². The third kappa shape index (κ3) is 5.36. The number of nitrogens with zero attached hydrogens (tertiary/aromatic N) is 2. The number of methoxy groups -OCH3 is 2. The molecule has 3 N–H and O–H groups in total. The van der Waals surface area contributed by atoms with E-state index in [9.17, 15) is 14.4 Å². The molecule has 10 heteroatoms. The van der Waals surface area contributed by atoms with Gasteiger partial charge in [-0.15, -0.1) is 0 Å². The largest absolute Gasteiger partial charge is 0.496 e. The summed E-state index contributed by atoms with van der Waals surface area (Å²) in [7, 11) is 4.70. The number of carbonyl (C=O) groups excluding carboxylic acids is 3. The smallest absolute Gasteiger partial charge is 0.238 e. The summed E-state index contributed by atoms with van der Waals surface area (Å²) in [6, 6.07) is 17.0. The molecule has 1 unspecified atom stereocenters. The normalized spacial score (nSPS) is 16.9. The molecule has 0 aromatic heterocycles. The number of amides is 3. The van der Waals surface area contributed by atoms with E-state index in [2.05, 4.69) is 21.2 Å². The Morgan fingerprint density at radius 3 is 2.49 bits per heavy atom. The summed E-state index contributed by atoms with van der Waals surface area (Å²) in [5.41, 5.74) is 6.34. The second kappa shape index (κ2) is 11.7. The number of fused-ring (bicyclic) bond motifs is 2. The molecule has 3 aromatic rings. The van der Waals surface area contributed by atoms with Crippen LogP contribution in [0.5, 0.6) is 5.75 Å². The molecule has 1 heterocycles. The molecule has 9 nitrogen and oxygen atoms in total. The van der Waals surface area contributed by atoms with Crippen LogP contribution in [0.15, 0.2) is 59.1 Å². The minimum atomic E-state index is -1.43. The lowest BCUT2D eigenvalue weighted by atomic mass is 9.83. The molecular formula is C29H33BrN4O5. The number of primary amides is 1. The molecule has 0 aliphatic carbocycles. The quantitative estimate of drug-likeness (QED) is 0.390. The molecule has 1 aliphatic heterocycles. The average Bonchev–Trinajstić information content (AvgIpc) is 3.05. The zero-order valence-electron chi connectivity index (χ0n) is 22.5. The molecule has 2 atom stereocenters. The summed E-state index contributed by atoms with van der Waals surface area (Å²) in [5, 5.41) is 4.86. The van der Waals surface area contributed by atoms with E-state index in [4.69, 9.17) is 15.2 Å². The van der Waals surface area contributed by atoms with Gasteiger partial charge in [-0.2, -0.15) is 0 Å². The summed E-state index contributed by atoms with van der Waals surface area (Å²) in [6.07, 6.45) is 0.116. The molecule has 0 fully saturated rings. The predicted octanol–water partition coefficient (Wildman–Crippen LogP) is 3.61. The van der Waals surface area contributed by atoms with E-state index in [1.807, 2.05) is 42.5 Å². The lowest BCUT2D eigenvalue weighted by molar-refractivity contribution is -0.133. The van der Waals surface area contributed by atoms with Crippen molar-refractivity contribution in [2.45, 2.75) is 25.4 Å². The average molecular weight is 598 g/mol. The number of nitrogens with one attached hydrogen (secondary N) is 1. The highest BCUT2D eigenvalue weighted by Crippen LogP contribution is 2.40. The van der Waals surface area contributed by atoms with Crippen LogP contribution in [0.25, 0.3) is 10.8 Å². The van der Waals surface area contributed by atoms with Crippen molar-refractivity contribution < 1.29 is 23.9 Å². The van der Waals surface area contributed by atoms with Gasteiger partial charge < -0.3 is 30.3 Å². The standard InChI is InChI=1S/C29H33BrN4O5/c1-29(32-2,28(31)37)22-17-33(26(35)13-14-38-3)23-7-5-6-8-24(23)34(27(22)36)16-21-20-11-10-19(30)15-18(20)9-12-25(21)39-4/h5-12,15,22,32H,13-14,16-17H2,1-4H3,(H2,31,37)/t22-,29?/m1/s1. The topological polar surface area (TPSA) is 114 Å². The highest BCUT2D eigenvalue weighted by molar-refractivity contribution is 9.10. The third-order valence-electron chi connectivity index (χ3n) is 7.53. The van der Waals surface area contributed by atoms with Crippen LogP contribution < -0.4 is 25.6 Å². The molecule has 3 aromatic carbocycles. The van der Waals surface area contributed by atoms with Crippen molar-refractivity contribution in [1.29, 1.82) is 0 Å². The van der Waals surface area contributed by atoms with Crippen molar-refractivity contribution >= 4 is 55.8 Å². The number of likely N-dealkylation sites (N-methyl/N-ethyl adjacent to an activating group) is 1. The van der Waals surface area contributed by atoms with Gasteiger partial charge >= 0.3 is 0 Å². The Hall–Kier alpha value is -3.47. The highest BCUT2D eigenvalue weighted by atomic mass is 79.9. The molecule has 0 radical (unpaired) electrons. The van der Waals surface area contributed by atoms with Gasteiger partial charge in [0.25, 0.3) is 0 Å². The van der Waals surface area contributed by atoms with Crippen LogP contribution in [0, 0.1) is 5.92 Å². The third-order valence-corrected chi connectivity index (χ3v) is 8.02. The molecule has 0 bridgehead atoms. The first-order valence-corrected chi connectivity index (χ1v) is 13.4. The Morgan fingerprint density at radius 2 is 1.85 bits per heavy atom. The van der Waals surface area contributed by atoms with Gasteiger partial charge in [0.1, 0.15) is 11.3 Å². The number of carbonyl (C=O) groups is 3. The van der Waals surface area contributed by atoms with Gasteiger partial charge in [-0.05, 0) is 55.1 Å². The fraction of sp³-hybridized carbons (Fsp3) is 0.345. The first kappa shape index (κ1) is 28.5. The number of para-hydroxylation sites is 2. The van der Waals surface area contributed by atoms with Crippen LogP contribution in [0.2, 0.25) is 0 Å². The summed E-state index contributed by atoms with van der Waals surface area (Å²) in [6.45, 7) is 1.93. The van der Waals surface area contributed by atoms with Crippen LogP contribution in [-0.2, 0) is 25.7 Å². The molecule has 1 aliphatic rings. The van der Waals surface area contributed by atoms with Gasteiger partial charge in [0.2, 0.25) is 17.7 Å². The summed E-state index contributed by atoms with van der Waals surface area (Å²) >= 11 is 3.53. The van der Waals surface area contributed by atoms with E-state index in [0.717, 1.165) is 20.8 Å². The molecule has 0 saturated carbocycles. The van der Waals surface area contributed by atoms with E-state index in [1.54, 1.807) is 43.0 Å². The minimum absolute atomic E-state index is 0.0329. The Bertz CT molecular complexity index is 1410. The summed E-state index contributed by atoms with van der Waals surface area (Å²) in [4.78, 5) is 43.8. The second-order valence-corrected chi connectivity index (χ2v) is 10.6. The number of rotatable bonds is 9. The van der Waals surface area contributed by atoms with Crippen molar-refractivity contribution in [1.82, 2.24) is 5.32 Å². The molecule has 206 valence electrons. The fourth-order valence-corrected chi connectivity index (χ4v) is 5.45. The Kier molecular flexibility index (Phi) is 8.58. The van der Waals surface area contributed by atoms with E-state index in [0.29, 0.717) is 17.1 Å². The van der Waals surface area contributed by atoms with Crippen LogP contribution in [-0.4, -0.2) is 57.7 Å². The zero-order valence-corrected chi connectivity index (χ0v) is 24.1. The maximum Gasteiger partial charge on any atom is 0.238 e. The van der Waals surface area contributed by atoms with Gasteiger partial charge in [0.15, 0.2) is 0 Å². The molecule has 4 rings (SSSR count). The Labute approximate surface area is 236 Å². The second-order valence-electron chi connectivity index (χ2n) is 9.64. The van der Waals surface area contributed by atoms with Gasteiger partial charge in [-0.25, -0.2) is 0 Å². The predicted molar refractivity (Wildman–Crippen MR) is 155 cm³/mol. The first-order chi connectivity index (χ1) is 18.7. The monoisotopic (exact) mass is 596 g/mol. The number of halogens is 1. The minimum Gasteiger partial charge on any atom is -0.496 e. The number of benzene rings is 3. The zero-order chi connectivity index (χ0) is 28.3. The van der Waals surface area contributed by atoms with Crippen molar-refractivity contribution in [3.63, 3.8) is 0 Å². The summed E-state index contributed by atoms with van der Waals surface area (Å²) < 4.78 is 11.8. The highest BCUT2D eigenvalue weighted by Gasteiger charge is 2.48. The molecular weight excluding hydrogens is 564 g/mol. The van der Waals surface area contributed by atoms with Crippen LogP contribution in [0.3, 0.4) is 0 Å². The molecule has 0 saturated heterocycles. The SMILES string of the molecule is CNC(C)(C(N)=O)[C@@H]1CN(C(=O)CCOC)c2ccccc2N(Cc2c(OC)ccc3cc(Br)ccc23)C1=O. The molecule has 39 heavy (non-hydrogen) atoms. The van der Waals surface area contributed by atoms with Crippen LogP contribution in [0.4, 0.5) is 11.4 Å². The fourth-order valence-electron chi connectivity index (χ4n) is 5.07. The molecule has 3 amide bonds. The van der Waals surface area contributed by atoms with Crippen molar-refractivity contribution in [3.05, 3.63) is 64.6 Å². The van der Waals surface area contributed by atoms with E-state index < -0.39 is 17.4 Å². The van der Waals surface area contributed by atoms with Gasteiger partial charge in [-0.3, -0.25) is 14.4 Å². The first-order valence-electron chi connectivity index (χ1n) is 12.6. The van der Waals surface area contributed by atoms with Gasteiger partial charge in [0, 0.05) is 23.7 Å². The van der Waals surface area contributed by atoms with Crippen molar-refractivity contribution in [3.8, 4) is 5.75 Å². The van der Waals surface area contributed by atoms with Crippen LogP contribution in [0.1, 0.15) is 18.9 Å². The number of hydrogen-bond donors (Lipinski definition) is 2. The maximum absolute atomic E-state index is 14.5. The number of nitrogens with two attached hydrogens (primary N) is 1. The summed E-state index contributed by atoms with van der Waals surface area (Å²) in [5.74, 6) is -1.61. The number of anilines is 2. The lowest BCUT2D eigenvalue weighted by Crippen LogP contribution is -2.63. The van der Waals surface area contributed by atoms with E-state index in [-0.39, 0.29) is 37.9 Å². The Morgan fingerprint density at radius 1 is 1.13 bits per heavy atom. The van der Waals surface area contributed by atoms with E-state index in [1.165, 1.54) is 7.11 Å². The number of hydrogen-bond acceptors (Lipinski definition) is 6. The maximum atomic E-state index is 14.5. The van der Waals surface area contributed by atoms with Gasteiger partial charge in [-0.1, -0.05) is 40.2 Å². The van der Waals surface area contributed by atoms with Crippen LogP contribution >= 0.6 is 15.9 Å². The lowest BCUT2D eigenvalue weighted by Gasteiger charge is -2.36. The van der Waals surface area contributed by atoms with Crippen molar-refractivity contribution in [2.75, 3.05) is 44.2 Å². The molecule has 0 spiro atoms. The number of ether oxygens (including phenoxy) is 2. The Balaban J connectivity index is 1.93. The van der Waals surface area contributed by atoms with E-state index >= 15 is 0 Å².